The van der Waals surface area contributed by atoms with Crippen molar-refractivity contribution in [3.05, 3.63) is 5.82 Å². The first kappa shape index (κ1) is 17.2. The molecule has 1 aromatic heterocycles. The number of carboxylic acid groups (broad SMARTS) is 1. The number of aromatic nitrogens is 3. The van der Waals surface area contributed by atoms with Crippen LogP contribution in [0.3, 0.4) is 0 Å². The summed E-state index contributed by atoms with van der Waals surface area (Å²) in [6, 6.07) is 0. The number of carbonyl (C=O) groups is 1. The Morgan fingerprint density at radius 2 is 2.20 bits per heavy atom. The molecule has 0 radical (unpaired) electrons. The van der Waals surface area contributed by atoms with Crippen LogP contribution in [0.15, 0.2) is 5.16 Å². The third-order valence-corrected chi connectivity index (χ3v) is 5.24. The van der Waals surface area contributed by atoms with Crippen LogP contribution in [0.2, 0.25) is 0 Å². The van der Waals surface area contributed by atoms with Crippen molar-refractivity contribution < 1.29 is 14.1 Å². The van der Waals surface area contributed by atoms with Crippen LogP contribution in [-0.4, -0.2) is 47.3 Å². The average Bonchev–Trinajstić information content (AvgIpc) is 2.76. The summed E-state index contributed by atoms with van der Waals surface area (Å²) in [5, 5.41) is 17.7. The zero-order valence-electron chi connectivity index (χ0n) is 12.0. The first-order chi connectivity index (χ1) is 9.45. The van der Waals surface area contributed by atoms with Crippen LogP contribution >= 0.6 is 11.8 Å². The molecule has 114 valence electrons. The van der Waals surface area contributed by atoms with E-state index in [0.29, 0.717) is 11.7 Å². The lowest BCUT2D eigenvalue weighted by molar-refractivity contribution is -0.133. The van der Waals surface area contributed by atoms with Crippen LogP contribution in [-0.2, 0) is 28.6 Å². The Labute approximate surface area is 125 Å². The average molecular weight is 319 g/mol. The number of hydrogen-bond donors (Lipinski definition) is 1. The molecule has 0 aliphatic heterocycles. The minimum Gasteiger partial charge on any atom is -0.481 e. The molecule has 1 heterocycles. The molecule has 8 heteroatoms. The summed E-state index contributed by atoms with van der Waals surface area (Å²) >= 11 is 1.18. The normalized spacial score (nSPS) is 14.2. The van der Waals surface area contributed by atoms with Crippen LogP contribution < -0.4 is 0 Å². The Morgan fingerprint density at radius 3 is 2.75 bits per heavy atom. The summed E-state index contributed by atoms with van der Waals surface area (Å²) in [5.74, 6) is -0.0291. The van der Waals surface area contributed by atoms with Crippen molar-refractivity contribution in [2.45, 2.75) is 50.1 Å². The fraction of sp³-hybridized carbons (Fsp3) is 0.750. The molecule has 2 unspecified atom stereocenters. The van der Waals surface area contributed by atoms with E-state index in [2.05, 4.69) is 17.1 Å². The smallest absolute Gasteiger partial charge is 0.313 e. The second-order valence-electron chi connectivity index (χ2n) is 4.58. The molecule has 0 saturated heterocycles. The lowest BCUT2D eigenvalue weighted by atomic mass is 10.3. The fourth-order valence-corrected chi connectivity index (χ4v) is 2.80. The monoisotopic (exact) mass is 319 g/mol. The number of hydrogen-bond acceptors (Lipinski definition) is 5. The zero-order chi connectivity index (χ0) is 15.1. The van der Waals surface area contributed by atoms with Crippen molar-refractivity contribution in [3.63, 3.8) is 0 Å². The Bertz CT molecular complexity index is 477. The predicted molar refractivity (Wildman–Crippen MR) is 80.5 cm³/mol. The second kappa shape index (κ2) is 8.41. The summed E-state index contributed by atoms with van der Waals surface area (Å²) in [4.78, 5) is 10.7. The van der Waals surface area contributed by atoms with Crippen LogP contribution in [0.5, 0.6) is 0 Å². The first-order valence-corrected chi connectivity index (χ1v) is 9.15. The molecule has 0 saturated carbocycles. The summed E-state index contributed by atoms with van der Waals surface area (Å²) in [6.07, 6.45) is 4.23. The van der Waals surface area contributed by atoms with Crippen molar-refractivity contribution in [2.75, 3.05) is 12.0 Å². The van der Waals surface area contributed by atoms with E-state index in [0.717, 1.165) is 25.1 Å². The van der Waals surface area contributed by atoms with Gasteiger partial charge in [0.15, 0.2) is 5.16 Å². The molecule has 0 bridgehead atoms. The van der Waals surface area contributed by atoms with Crippen molar-refractivity contribution in [1.82, 2.24) is 14.8 Å². The molecular weight excluding hydrogens is 298 g/mol. The number of nitrogens with zero attached hydrogens (tertiary/aromatic N) is 3. The zero-order valence-corrected chi connectivity index (χ0v) is 13.7. The standard InChI is InChI=1S/C12H21N3O3S2/c1-4-5-10-13-14-12(19-8-11(16)17)15(10)7-6-9(2)20(3)18/h9H,4-8H2,1-3H3,(H,16,17). The maximum absolute atomic E-state index is 11.4. The SMILES string of the molecule is CCCc1nnc(SCC(=O)O)n1CCC(C)S(C)=O. The number of carboxylic acids is 1. The van der Waals surface area contributed by atoms with E-state index in [1.807, 2.05) is 11.5 Å². The lowest BCUT2D eigenvalue weighted by Gasteiger charge is -2.12. The highest BCUT2D eigenvalue weighted by atomic mass is 32.2. The van der Waals surface area contributed by atoms with Gasteiger partial charge < -0.3 is 9.67 Å². The maximum Gasteiger partial charge on any atom is 0.313 e. The Kier molecular flexibility index (Phi) is 7.22. The van der Waals surface area contributed by atoms with E-state index in [4.69, 9.17) is 5.11 Å². The molecule has 0 spiro atoms. The Morgan fingerprint density at radius 1 is 1.50 bits per heavy atom. The number of rotatable bonds is 9. The third-order valence-electron chi connectivity index (χ3n) is 2.92. The molecule has 0 amide bonds. The molecule has 1 N–H and O–H groups in total. The molecule has 1 aromatic rings. The van der Waals surface area contributed by atoms with E-state index in [-0.39, 0.29) is 11.0 Å². The Balaban J connectivity index is 2.79. The largest absolute Gasteiger partial charge is 0.481 e. The van der Waals surface area contributed by atoms with Crippen molar-refractivity contribution in [3.8, 4) is 0 Å². The predicted octanol–water partition coefficient (Wildman–Crippen LogP) is 1.56. The third kappa shape index (κ3) is 5.24. The number of thioether (sulfide) groups is 1. The van der Waals surface area contributed by atoms with E-state index < -0.39 is 16.8 Å². The highest BCUT2D eigenvalue weighted by Gasteiger charge is 2.15. The molecule has 0 fully saturated rings. The van der Waals surface area contributed by atoms with Gasteiger partial charge in [-0.2, -0.15) is 0 Å². The molecule has 20 heavy (non-hydrogen) atoms. The number of aliphatic carboxylic acids is 1. The van der Waals surface area contributed by atoms with E-state index in [9.17, 15) is 9.00 Å². The molecule has 6 nitrogen and oxygen atoms in total. The van der Waals surface area contributed by atoms with Gasteiger partial charge in [-0.15, -0.1) is 10.2 Å². The maximum atomic E-state index is 11.4. The fourth-order valence-electron chi connectivity index (χ4n) is 1.66. The van der Waals surface area contributed by atoms with Gasteiger partial charge in [0.05, 0.1) is 5.75 Å². The van der Waals surface area contributed by atoms with Gasteiger partial charge in [-0.1, -0.05) is 25.6 Å². The van der Waals surface area contributed by atoms with Gasteiger partial charge in [-0.25, -0.2) is 0 Å². The van der Waals surface area contributed by atoms with Gasteiger partial charge in [0.1, 0.15) is 5.82 Å². The van der Waals surface area contributed by atoms with E-state index in [1.54, 1.807) is 6.26 Å². The van der Waals surface area contributed by atoms with Gasteiger partial charge in [0, 0.05) is 35.3 Å². The van der Waals surface area contributed by atoms with Crippen LogP contribution in [0.4, 0.5) is 0 Å². The van der Waals surface area contributed by atoms with E-state index >= 15 is 0 Å². The molecule has 0 aliphatic rings. The highest BCUT2D eigenvalue weighted by molar-refractivity contribution is 7.99. The summed E-state index contributed by atoms with van der Waals surface area (Å²) < 4.78 is 13.4. The van der Waals surface area contributed by atoms with Crippen molar-refractivity contribution in [2.24, 2.45) is 0 Å². The second-order valence-corrected chi connectivity index (χ2v) is 7.33. The topological polar surface area (TPSA) is 85.1 Å². The minimum absolute atomic E-state index is 0.0283. The lowest BCUT2D eigenvalue weighted by Crippen LogP contribution is -2.15. The molecule has 0 aromatic carbocycles. The van der Waals surface area contributed by atoms with Gasteiger partial charge in [-0.3, -0.25) is 9.00 Å². The number of aryl methyl sites for hydroxylation is 1. The Hall–Kier alpha value is -0.890. The molecule has 2 atom stereocenters. The van der Waals surface area contributed by atoms with Crippen LogP contribution in [0, 0.1) is 0 Å². The molecule has 0 aliphatic carbocycles. The quantitative estimate of drug-likeness (QED) is 0.695. The summed E-state index contributed by atoms with van der Waals surface area (Å²) in [5.41, 5.74) is 0. The van der Waals surface area contributed by atoms with Gasteiger partial charge in [-0.05, 0) is 12.8 Å². The minimum atomic E-state index is -0.871. The van der Waals surface area contributed by atoms with Crippen LogP contribution in [0.25, 0.3) is 0 Å². The van der Waals surface area contributed by atoms with Gasteiger partial charge in [0.2, 0.25) is 0 Å². The first-order valence-electron chi connectivity index (χ1n) is 6.54. The summed E-state index contributed by atoms with van der Waals surface area (Å²) in [7, 11) is -0.855. The summed E-state index contributed by atoms with van der Waals surface area (Å²) in [6.45, 7) is 4.68. The van der Waals surface area contributed by atoms with Crippen molar-refractivity contribution in [1.29, 1.82) is 0 Å². The highest BCUT2D eigenvalue weighted by Crippen LogP contribution is 2.19. The van der Waals surface area contributed by atoms with Crippen molar-refractivity contribution >= 4 is 28.5 Å². The van der Waals surface area contributed by atoms with Gasteiger partial charge >= 0.3 is 5.97 Å². The van der Waals surface area contributed by atoms with E-state index in [1.165, 1.54) is 11.8 Å². The van der Waals surface area contributed by atoms with Crippen LogP contribution in [0.1, 0.15) is 32.5 Å². The molecular formula is C12H21N3O3S2. The van der Waals surface area contributed by atoms with Gasteiger partial charge in [0.25, 0.3) is 0 Å². The molecule has 1 rings (SSSR count).